The van der Waals surface area contributed by atoms with Gasteiger partial charge in [0.25, 0.3) is 0 Å². The monoisotopic (exact) mass is 366 g/mol. The van der Waals surface area contributed by atoms with Gasteiger partial charge in [0.15, 0.2) is 0 Å². The molecule has 0 radical (unpaired) electrons. The summed E-state index contributed by atoms with van der Waals surface area (Å²) in [6, 6.07) is 25.3. The minimum absolute atomic E-state index is 0.0212. The third-order valence-corrected chi connectivity index (χ3v) is 4.82. The van der Waals surface area contributed by atoms with Crippen LogP contribution in [0, 0.1) is 11.3 Å². The highest BCUT2D eigenvalue weighted by atomic mass is 16.6. The van der Waals surface area contributed by atoms with Crippen LogP contribution >= 0.6 is 0 Å². The number of aldehydes is 1. The van der Waals surface area contributed by atoms with E-state index in [1.165, 1.54) is 5.56 Å². The van der Waals surface area contributed by atoms with Gasteiger partial charge in [-0.15, -0.1) is 0 Å². The molecule has 1 aliphatic rings. The summed E-state index contributed by atoms with van der Waals surface area (Å²) >= 11 is 0. The average molecular weight is 366 g/mol. The van der Waals surface area contributed by atoms with Crippen LogP contribution in [-0.2, 0) is 11.3 Å². The minimum Gasteiger partial charge on any atom is -0.391 e. The van der Waals surface area contributed by atoms with Gasteiger partial charge in [-0.2, -0.15) is 5.26 Å². The van der Waals surface area contributed by atoms with E-state index in [9.17, 15) is 10.1 Å². The lowest BCUT2D eigenvalue weighted by Crippen LogP contribution is -2.12. The minimum atomic E-state index is -0.0212. The molecule has 0 amide bonds. The molecule has 0 saturated heterocycles. The van der Waals surface area contributed by atoms with Gasteiger partial charge in [-0.05, 0) is 41.0 Å². The Labute approximate surface area is 163 Å². The number of benzene rings is 3. The Morgan fingerprint density at radius 1 is 1.04 bits per heavy atom. The lowest BCUT2D eigenvalue weighted by Gasteiger charge is -2.09. The molecule has 4 heteroatoms. The van der Waals surface area contributed by atoms with Gasteiger partial charge in [0.2, 0.25) is 0 Å². The Bertz CT molecular complexity index is 1080. The first-order valence-electron chi connectivity index (χ1n) is 9.13. The average Bonchev–Trinajstić information content (AvgIpc) is 3.22. The first-order chi connectivity index (χ1) is 13.8. The van der Waals surface area contributed by atoms with Crippen LogP contribution in [0.4, 0.5) is 0 Å². The fraction of sp³-hybridized carbons (Fsp3) is 0.125. The summed E-state index contributed by atoms with van der Waals surface area (Å²) in [5.74, 6) is 0. The van der Waals surface area contributed by atoms with Gasteiger partial charge in [-0.3, -0.25) is 4.79 Å². The molecule has 0 saturated carbocycles. The fourth-order valence-electron chi connectivity index (χ4n) is 3.46. The maximum absolute atomic E-state index is 11.5. The molecule has 28 heavy (non-hydrogen) atoms. The highest BCUT2D eigenvalue weighted by Crippen LogP contribution is 2.28. The highest BCUT2D eigenvalue weighted by Gasteiger charge is 2.23. The Balaban J connectivity index is 1.62. The Kier molecular flexibility index (Phi) is 4.99. The Hall–Kier alpha value is -3.71. The van der Waals surface area contributed by atoms with E-state index in [2.05, 4.69) is 23.4 Å². The van der Waals surface area contributed by atoms with E-state index >= 15 is 0 Å². The van der Waals surface area contributed by atoms with Crippen molar-refractivity contribution in [3.63, 3.8) is 0 Å². The molecule has 1 aliphatic heterocycles. The van der Waals surface area contributed by atoms with Crippen molar-refractivity contribution >= 4 is 12.0 Å². The van der Waals surface area contributed by atoms with Gasteiger partial charge in [-0.1, -0.05) is 53.7 Å². The van der Waals surface area contributed by atoms with E-state index in [0.717, 1.165) is 35.1 Å². The molecule has 0 fully saturated rings. The summed E-state index contributed by atoms with van der Waals surface area (Å²) in [6.07, 6.45) is 2.26. The molecular formula is C24H18N2O2. The summed E-state index contributed by atoms with van der Waals surface area (Å²) in [7, 11) is 0. The van der Waals surface area contributed by atoms with Crippen molar-refractivity contribution in [2.45, 2.75) is 18.9 Å². The fourth-order valence-corrected chi connectivity index (χ4v) is 3.46. The van der Waals surface area contributed by atoms with Gasteiger partial charge < -0.3 is 4.84 Å². The maximum atomic E-state index is 11.5. The molecule has 3 aromatic rings. The zero-order chi connectivity index (χ0) is 19.3. The molecule has 0 bridgehead atoms. The van der Waals surface area contributed by atoms with Crippen LogP contribution in [0.1, 0.15) is 33.5 Å². The zero-order valence-electron chi connectivity index (χ0n) is 15.2. The summed E-state index contributed by atoms with van der Waals surface area (Å²) in [5.41, 5.74) is 5.62. The summed E-state index contributed by atoms with van der Waals surface area (Å²) in [6.45, 7) is 0. The molecule has 0 aromatic heterocycles. The number of carbonyl (C=O) groups excluding carboxylic acids is 1. The van der Waals surface area contributed by atoms with E-state index in [1.54, 1.807) is 12.1 Å². The highest BCUT2D eigenvalue weighted by molar-refractivity contribution is 6.03. The molecule has 4 rings (SSSR count). The third kappa shape index (κ3) is 3.70. The van der Waals surface area contributed by atoms with Crippen molar-refractivity contribution in [1.82, 2.24) is 0 Å². The van der Waals surface area contributed by atoms with Crippen LogP contribution in [0.3, 0.4) is 0 Å². The maximum Gasteiger partial charge on any atom is 0.150 e. The number of nitrogens with zero attached hydrogens (tertiary/aromatic N) is 2. The van der Waals surface area contributed by atoms with Gasteiger partial charge >= 0.3 is 0 Å². The normalized spacial score (nSPS) is 15.4. The van der Waals surface area contributed by atoms with Gasteiger partial charge in [0, 0.05) is 24.0 Å². The number of hydrogen-bond acceptors (Lipinski definition) is 4. The summed E-state index contributed by atoms with van der Waals surface area (Å²) in [5, 5.41) is 13.7. The van der Waals surface area contributed by atoms with Crippen molar-refractivity contribution < 1.29 is 9.63 Å². The quantitative estimate of drug-likeness (QED) is 0.611. The van der Waals surface area contributed by atoms with Gasteiger partial charge in [0.05, 0.1) is 17.3 Å². The molecule has 4 nitrogen and oxygen atoms in total. The van der Waals surface area contributed by atoms with Crippen LogP contribution < -0.4 is 0 Å². The summed E-state index contributed by atoms with van der Waals surface area (Å²) in [4.78, 5) is 17.1. The molecular weight excluding hydrogens is 348 g/mol. The number of nitriles is 1. The van der Waals surface area contributed by atoms with E-state index < -0.39 is 0 Å². The lowest BCUT2D eigenvalue weighted by molar-refractivity contribution is 0.0859. The molecule has 1 atom stereocenters. The standard InChI is InChI=1S/C24H18N2O2/c25-15-19-8-4-5-9-23(19)20-10-18(16-27)11-21(13-20)24-14-22(28-26-24)12-17-6-2-1-3-7-17/h1-11,13,16,22H,12,14H2. The molecule has 0 N–H and O–H groups in total. The van der Waals surface area contributed by atoms with E-state index in [1.807, 2.05) is 48.5 Å². The Morgan fingerprint density at radius 3 is 2.57 bits per heavy atom. The molecule has 0 spiro atoms. The second kappa shape index (κ2) is 7.89. The first kappa shape index (κ1) is 17.7. The van der Waals surface area contributed by atoms with Crippen molar-refractivity contribution in [1.29, 1.82) is 5.26 Å². The van der Waals surface area contributed by atoms with Crippen LogP contribution in [0.25, 0.3) is 11.1 Å². The van der Waals surface area contributed by atoms with Crippen LogP contribution in [0.2, 0.25) is 0 Å². The van der Waals surface area contributed by atoms with E-state index in [-0.39, 0.29) is 6.10 Å². The van der Waals surface area contributed by atoms with Crippen molar-refractivity contribution in [2.75, 3.05) is 0 Å². The van der Waals surface area contributed by atoms with E-state index in [0.29, 0.717) is 17.5 Å². The van der Waals surface area contributed by atoms with Gasteiger partial charge in [-0.25, -0.2) is 0 Å². The Morgan fingerprint density at radius 2 is 1.79 bits per heavy atom. The number of oxime groups is 1. The lowest BCUT2D eigenvalue weighted by atomic mass is 9.93. The van der Waals surface area contributed by atoms with E-state index in [4.69, 9.17) is 4.84 Å². The second-order valence-corrected chi connectivity index (χ2v) is 6.78. The molecule has 1 heterocycles. The number of carbonyl (C=O) groups is 1. The first-order valence-corrected chi connectivity index (χ1v) is 9.13. The largest absolute Gasteiger partial charge is 0.391 e. The zero-order valence-corrected chi connectivity index (χ0v) is 15.2. The van der Waals surface area contributed by atoms with Gasteiger partial charge in [0.1, 0.15) is 12.4 Å². The smallest absolute Gasteiger partial charge is 0.150 e. The SMILES string of the molecule is N#Cc1ccccc1-c1cc(C=O)cc(C2=NOC(Cc3ccccc3)C2)c1. The molecule has 1 unspecified atom stereocenters. The van der Waals surface area contributed by atoms with Crippen LogP contribution in [0.5, 0.6) is 0 Å². The predicted molar refractivity (Wildman–Crippen MR) is 108 cm³/mol. The van der Waals surface area contributed by atoms with Crippen LogP contribution in [-0.4, -0.2) is 18.1 Å². The molecule has 136 valence electrons. The number of rotatable bonds is 5. The van der Waals surface area contributed by atoms with Crippen molar-refractivity contribution in [2.24, 2.45) is 5.16 Å². The van der Waals surface area contributed by atoms with Crippen LogP contribution in [0.15, 0.2) is 78.0 Å². The summed E-state index contributed by atoms with van der Waals surface area (Å²) < 4.78 is 0. The topological polar surface area (TPSA) is 62.5 Å². The predicted octanol–water partition coefficient (Wildman–Crippen LogP) is 4.77. The van der Waals surface area contributed by atoms with Crippen molar-refractivity contribution in [3.8, 4) is 17.2 Å². The number of hydrogen-bond donors (Lipinski definition) is 0. The molecule has 3 aromatic carbocycles. The molecule has 0 aliphatic carbocycles. The second-order valence-electron chi connectivity index (χ2n) is 6.78. The van der Waals surface area contributed by atoms with Crippen molar-refractivity contribution in [3.05, 3.63) is 95.1 Å². The third-order valence-electron chi connectivity index (χ3n) is 4.82.